The molecule has 0 unspecified atom stereocenters. The maximum absolute atomic E-state index is 13.7. The Bertz CT molecular complexity index is 877. The fraction of sp³-hybridized carbons (Fsp3) is 0.278. The van der Waals surface area contributed by atoms with E-state index in [1.807, 2.05) is 0 Å². The molecule has 1 amide bonds. The third-order valence-corrected chi connectivity index (χ3v) is 6.14. The van der Waals surface area contributed by atoms with Gasteiger partial charge in [0.2, 0.25) is 10.0 Å². The summed E-state index contributed by atoms with van der Waals surface area (Å²) in [6.45, 7) is 0.900. The maximum Gasteiger partial charge on any atom is 0.257 e. The van der Waals surface area contributed by atoms with Crippen molar-refractivity contribution in [2.45, 2.75) is 24.2 Å². The lowest BCUT2D eigenvalue weighted by atomic mass is 10.2. The number of amides is 1. The molecule has 2 aromatic rings. The lowest BCUT2D eigenvalue weighted by Crippen LogP contribution is -2.36. The molecule has 0 aromatic heterocycles. The summed E-state index contributed by atoms with van der Waals surface area (Å²) < 4.78 is 41.0. The van der Waals surface area contributed by atoms with E-state index < -0.39 is 21.7 Å². The Morgan fingerprint density at radius 1 is 0.960 bits per heavy atom. The molecule has 1 heterocycles. The zero-order valence-electron chi connectivity index (χ0n) is 13.6. The maximum atomic E-state index is 13.7. The van der Waals surface area contributed by atoms with Gasteiger partial charge in [-0.05, 0) is 37.1 Å². The molecule has 25 heavy (non-hydrogen) atoms. The molecule has 0 saturated carbocycles. The second-order valence-electron chi connectivity index (χ2n) is 5.89. The van der Waals surface area contributed by atoms with Crippen LogP contribution in [0, 0.1) is 5.82 Å². The Hall–Kier alpha value is -2.25. The molecular weight excluding hydrogens is 343 g/mol. The van der Waals surface area contributed by atoms with E-state index in [0.717, 1.165) is 19.3 Å². The number of anilines is 1. The second kappa shape index (κ2) is 7.33. The first-order valence-corrected chi connectivity index (χ1v) is 9.59. The highest BCUT2D eigenvalue weighted by atomic mass is 32.2. The van der Waals surface area contributed by atoms with Gasteiger partial charge in [-0.3, -0.25) is 4.79 Å². The average molecular weight is 362 g/mol. The summed E-state index contributed by atoms with van der Waals surface area (Å²) in [7, 11) is -3.76. The molecule has 1 fully saturated rings. The number of carbonyl (C=O) groups is 1. The Balaban J connectivity index is 1.93. The van der Waals surface area contributed by atoms with Gasteiger partial charge < -0.3 is 5.32 Å². The number of halogens is 1. The SMILES string of the molecule is O=C(Nc1ccccc1F)c1ccccc1S(=O)(=O)N1CCCCC1. The number of para-hydroxylation sites is 1. The summed E-state index contributed by atoms with van der Waals surface area (Å²) >= 11 is 0. The van der Waals surface area contributed by atoms with Crippen molar-refractivity contribution in [3.63, 3.8) is 0 Å². The van der Waals surface area contributed by atoms with Gasteiger partial charge in [0.25, 0.3) is 5.91 Å². The third kappa shape index (κ3) is 3.72. The number of piperidine rings is 1. The number of nitrogens with zero attached hydrogens (tertiary/aromatic N) is 1. The lowest BCUT2D eigenvalue weighted by molar-refractivity contribution is 0.102. The molecule has 2 aromatic carbocycles. The van der Waals surface area contributed by atoms with E-state index in [9.17, 15) is 17.6 Å². The van der Waals surface area contributed by atoms with Crippen LogP contribution in [0.15, 0.2) is 53.4 Å². The zero-order valence-corrected chi connectivity index (χ0v) is 14.4. The van der Waals surface area contributed by atoms with Crippen LogP contribution in [0.2, 0.25) is 0 Å². The van der Waals surface area contributed by atoms with E-state index in [1.165, 1.54) is 34.6 Å². The van der Waals surface area contributed by atoms with E-state index in [-0.39, 0.29) is 16.1 Å². The minimum atomic E-state index is -3.76. The first-order valence-electron chi connectivity index (χ1n) is 8.15. The summed E-state index contributed by atoms with van der Waals surface area (Å²) in [6.07, 6.45) is 2.62. The smallest absolute Gasteiger partial charge is 0.257 e. The molecule has 0 spiro atoms. The van der Waals surface area contributed by atoms with E-state index in [1.54, 1.807) is 18.2 Å². The number of hydrogen-bond donors (Lipinski definition) is 1. The van der Waals surface area contributed by atoms with E-state index in [2.05, 4.69) is 5.32 Å². The van der Waals surface area contributed by atoms with Crippen molar-refractivity contribution in [2.75, 3.05) is 18.4 Å². The fourth-order valence-electron chi connectivity index (χ4n) is 2.88. The van der Waals surface area contributed by atoms with Gasteiger partial charge in [0.05, 0.1) is 16.1 Å². The highest BCUT2D eigenvalue weighted by molar-refractivity contribution is 7.89. The van der Waals surface area contributed by atoms with Gasteiger partial charge in [0.15, 0.2) is 0 Å². The molecule has 1 saturated heterocycles. The molecule has 1 aliphatic rings. The van der Waals surface area contributed by atoms with E-state index >= 15 is 0 Å². The van der Waals surface area contributed by atoms with Crippen LogP contribution in [0.25, 0.3) is 0 Å². The summed E-state index contributed by atoms with van der Waals surface area (Å²) in [4.78, 5) is 12.5. The van der Waals surface area contributed by atoms with Crippen LogP contribution >= 0.6 is 0 Å². The quantitative estimate of drug-likeness (QED) is 0.908. The standard InChI is InChI=1S/C18H19FN2O3S/c19-15-9-3-4-10-16(15)20-18(22)14-8-2-5-11-17(14)25(23,24)21-12-6-1-7-13-21/h2-5,8-11H,1,6-7,12-13H2,(H,20,22). The van der Waals surface area contributed by atoms with E-state index in [4.69, 9.17) is 0 Å². The van der Waals surface area contributed by atoms with Gasteiger partial charge in [-0.2, -0.15) is 4.31 Å². The van der Waals surface area contributed by atoms with Gasteiger partial charge in [0, 0.05) is 13.1 Å². The third-order valence-electron chi connectivity index (χ3n) is 4.19. The van der Waals surface area contributed by atoms with Gasteiger partial charge in [0.1, 0.15) is 5.82 Å². The molecule has 5 nitrogen and oxygen atoms in total. The van der Waals surface area contributed by atoms with Crippen LogP contribution in [-0.2, 0) is 10.0 Å². The van der Waals surface area contributed by atoms with Crippen LogP contribution in [0.1, 0.15) is 29.6 Å². The monoisotopic (exact) mass is 362 g/mol. The summed E-state index contributed by atoms with van der Waals surface area (Å²) in [5.74, 6) is -1.23. The molecule has 0 aliphatic carbocycles. The Labute approximate surface area is 146 Å². The van der Waals surface area contributed by atoms with E-state index in [0.29, 0.717) is 13.1 Å². The van der Waals surface area contributed by atoms with Crippen molar-refractivity contribution in [3.05, 3.63) is 59.9 Å². The minimum absolute atomic E-state index is 0.0105. The number of sulfonamides is 1. The van der Waals surface area contributed by atoms with Crippen molar-refractivity contribution >= 4 is 21.6 Å². The molecule has 0 atom stereocenters. The first-order chi connectivity index (χ1) is 12.0. The van der Waals surface area contributed by atoms with Crippen LogP contribution < -0.4 is 5.32 Å². The summed E-state index contributed by atoms with van der Waals surface area (Å²) in [5.41, 5.74) is 0.0222. The highest BCUT2D eigenvalue weighted by Crippen LogP contribution is 2.24. The zero-order chi connectivity index (χ0) is 17.9. The number of nitrogens with one attached hydrogen (secondary N) is 1. The van der Waals surface area contributed by atoms with Crippen LogP contribution in [-0.4, -0.2) is 31.7 Å². The number of carbonyl (C=O) groups excluding carboxylic acids is 1. The normalized spacial score (nSPS) is 15.7. The van der Waals surface area contributed by atoms with Crippen molar-refractivity contribution in [1.29, 1.82) is 0 Å². The first kappa shape index (κ1) is 17.6. The van der Waals surface area contributed by atoms with Gasteiger partial charge in [-0.1, -0.05) is 30.7 Å². The summed E-state index contributed by atoms with van der Waals surface area (Å²) in [5, 5.41) is 2.45. The van der Waals surface area contributed by atoms with Crippen LogP contribution in [0.4, 0.5) is 10.1 Å². The fourth-order valence-corrected chi connectivity index (χ4v) is 4.58. The lowest BCUT2D eigenvalue weighted by Gasteiger charge is -2.26. The van der Waals surface area contributed by atoms with Gasteiger partial charge in [-0.25, -0.2) is 12.8 Å². The van der Waals surface area contributed by atoms with Gasteiger partial charge >= 0.3 is 0 Å². The second-order valence-corrected chi connectivity index (χ2v) is 7.80. The van der Waals surface area contributed by atoms with Crippen molar-refractivity contribution in [3.8, 4) is 0 Å². The molecule has 0 bridgehead atoms. The van der Waals surface area contributed by atoms with Crippen LogP contribution in [0.5, 0.6) is 0 Å². The molecule has 132 valence electrons. The Morgan fingerprint density at radius 2 is 1.60 bits per heavy atom. The molecule has 7 heteroatoms. The topological polar surface area (TPSA) is 66.5 Å². The average Bonchev–Trinajstić information content (AvgIpc) is 2.64. The molecule has 1 N–H and O–H groups in total. The van der Waals surface area contributed by atoms with Crippen molar-refractivity contribution < 1.29 is 17.6 Å². The van der Waals surface area contributed by atoms with Gasteiger partial charge in [-0.15, -0.1) is 0 Å². The predicted octanol–water partition coefficient (Wildman–Crippen LogP) is 3.25. The molecule has 0 radical (unpaired) electrons. The van der Waals surface area contributed by atoms with Crippen molar-refractivity contribution in [2.24, 2.45) is 0 Å². The predicted molar refractivity (Wildman–Crippen MR) is 93.4 cm³/mol. The molecular formula is C18H19FN2O3S. The highest BCUT2D eigenvalue weighted by Gasteiger charge is 2.29. The Morgan fingerprint density at radius 3 is 2.32 bits per heavy atom. The van der Waals surface area contributed by atoms with Crippen molar-refractivity contribution in [1.82, 2.24) is 4.31 Å². The minimum Gasteiger partial charge on any atom is -0.319 e. The van der Waals surface area contributed by atoms with Crippen LogP contribution in [0.3, 0.4) is 0 Å². The Kier molecular flexibility index (Phi) is 5.15. The molecule has 3 rings (SSSR count). The number of benzene rings is 2. The number of rotatable bonds is 4. The number of hydrogen-bond acceptors (Lipinski definition) is 3. The summed E-state index contributed by atoms with van der Waals surface area (Å²) in [6, 6.07) is 11.8. The largest absolute Gasteiger partial charge is 0.319 e. The molecule has 1 aliphatic heterocycles.